The van der Waals surface area contributed by atoms with E-state index in [0.29, 0.717) is 12.1 Å². The molecule has 3 rings (SSSR count). The van der Waals surface area contributed by atoms with Gasteiger partial charge in [0.25, 0.3) is 0 Å². The van der Waals surface area contributed by atoms with Crippen LogP contribution in [0.3, 0.4) is 0 Å². The van der Waals surface area contributed by atoms with Crippen LogP contribution in [0, 0.1) is 0 Å². The summed E-state index contributed by atoms with van der Waals surface area (Å²) in [6.07, 6.45) is 4.44. The lowest BCUT2D eigenvalue weighted by Gasteiger charge is -2.51. The van der Waals surface area contributed by atoms with Crippen molar-refractivity contribution in [3.63, 3.8) is 0 Å². The summed E-state index contributed by atoms with van der Waals surface area (Å²) in [5.74, 6) is 0. The largest absolute Gasteiger partial charge is 0.363 e. The van der Waals surface area contributed by atoms with E-state index in [0.717, 1.165) is 25.7 Å². The number of para-hydroxylation sites is 1. The smallest absolute Gasteiger partial charge is 0.0540 e. The molecule has 0 radical (unpaired) electrons. The van der Waals surface area contributed by atoms with Gasteiger partial charge in [0.15, 0.2) is 0 Å². The first kappa shape index (κ1) is 14.3. The Morgan fingerprint density at radius 2 is 1.33 bits per heavy atom. The molecule has 0 aliphatic carbocycles. The highest BCUT2D eigenvalue weighted by atomic mass is 35.5. The van der Waals surface area contributed by atoms with Crippen LogP contribution in [0.5, 0.6) is 0 Å². The number of nitrogens with zero attached hydrogens (tertiary/aromatic N) is 1. The summed E-state index contributed by atoms with van der Waals surface area (Å²) < 4.78 is 0. The Balaban J connectivity index is 0.00000120. The summed E-state index contributed by atoms with van der Waals surface area (Å²) in [7, 11) is 0. The van der Waals surface area contributed by atoms with E-state index in [2.05, 4.69) is 35.2 Å². The normalized spacial score (nSPS) is 34.9. The van der Waals surface area contributed by atoms with Crippen LogP contribution in [0.2, 0.25) is 0 Å². The first-order valence-electron chi connectivity index (χ1n) is 6.39. The van der Waals surface area contributed by atoms with Crippen LogP contribution in [0.4, 0.5) is 5.69 Å². The second-order valence-electron chi connectivity index (χ2n) is 5.06. The third-order valence-electron chi connectivity index (χ3n) is 4.08. The lowest BCUT2D eigenvalue weighted by Crippen LogP contribution is -2.58. The highest BCUT2D eigenvalue weighted by molar-refractivity contribution is 6.22. The minimum atomic E-state index is 0. The van der Waals surface area contributed by atoms with Crippen molar-refractivity contribution in [2.24, 2.45) is 0 Å². The van der Waals surface area contributed by atoms with Gasteiger partial charge in [0.2, 0.25) is 0 Å². The standard InChI is InChI=1S/C14H17Cl2N.ClH/c15-11-6-8-13-12(16)7-9-14(11)17(13)10-4-2-1-3-5-10;/h1-5,11-14H,6-9H2;1H/t11-,12+,13-,14-;/m0./s1. The van der Waals surface area contributed by atoms with Crippen LogP contribution in [-0.2, 0) is 0 Å². The predicted octanol–water partition coefficient (Wildman–Crippen LogP) is 4.45. The lowest BCUT2D eigenvalue weighted by molar-refractivity contribution is 0.305. The molecule has 1 aromatic rings. The second-order valence-corrected chi connectivity index (χ2v) is 6.19. The molecule has 1 nitrogen and oxygen atoms in total. The van der Waals surface area contributed by atoms with Gasteiger partial charge in [-0.15, -0.1) is 35.6 Å². The minimum absolute atomic E-state index is 0. The summed E-state index contributed by atoms with van der Waals surface area (Å²) in [5, 5.41) is 0.547. The van der Waals surface area contributed by atoms with E-state index >= 15 is 0 Å². The van der Waals surface area contributed by atoms with Crippen LogP contribution >= 0.6 is 35.6 Å². The summed E-state index contributed by atoms with van der Waals surface area (Å²) in [4.78, 5) is 2.47. The highest BCUT2D eigenvalue weighted by Crippen LogP contribution is 2.41. The molecule has 4 atom stereocenters. The monoisotopic (exact) mass is 305 g/mol. The number of rotatable bonds is 1. The van der Waals surface area contributed by atoms with Gasteiger partial charge >= 0.3 is 0 Å². The molecule has 0 N–H and O–H groups in total. The maximum Gasteiger partial charge on any atom is 0.0540 e. The molecule has 0 unspecified atom stereocenters. The fourth-order valence-electron chi connectivity index (χ4n) is 3.26. The van der Waals surface area contributed by atoms with E-state index in [4.69, 9.17) is 23.2 Å². The van der Waals surface area contributed by atoms with E-state index in [9.17, 15) is 0 Å². The van der Waals surface area contributed by atoms with Crippen LogP contribution in [0.25, 0.3) is 0 Å². The number of benzene rings is 1. The number of fused-ring (bicyclic) bond motifs is 2. The van der Waals surface area contributed by atoms with Gasteiger partial charge in [-0.3, -0.25) is 0 Å². The molecular formula is C14H18Cl3N. The molecule has 1 aromatic carbocycles. The molecule has 2 fully saturated rings. The summed E-state index contributed by atoms with van der Waals surface area (Å²) in [6, 6.07) is 11.5. The maximum atomic E-state index is 6.49. The van der Waals surface area contributed by atoms with Crippen molar-refractivity contribution in [3.05, 3.63) is 30.3 Å². The molecule has 0 spiro atoms. The van der Waals surface area contributed by atoms with Gasteiger partial charge in [0.05, 0.1) is 10.8 Å². The van der Waals surface area contributed by atoms with Gasteiger partial charge in [-0.1, -0.05) is 18.2 Å². The van der Waals surface area contributed by atoms with Gasteiger partial charge in [-0.25, -0.2) is 0 Å². The van der Waals surface area contributed by atoms with Crippen LogP contribution < -0.4 is 4.90 Å². The Morgan fingerprint density at radius 1 is 0.833 bits per heavy atom. The minimum Gasteiger partial charge on any atom is -0.363 e. The van der Waals surface area contributed by atoms with Crippen molar-refractivity contribution >= 4 is 41.3 Å². The summed E-state index contributed by atoms with van der Waals surface area (Å²) in [5.41, 5.74) is 1.28. The summed E-state index contributed by atoms with van der Waals surface area (Å²) >= 11 is 13.0. The molecule has 4 heteroatoms. The van der Waals surface area contributed by atoms with E-state index in [-0.39, 0.29) is 23.2 Å². The molecule has 0 saturated carbocycles. The van der Waals surface area contributed by atoms with Gasteiger partial charge in [-0.05, 0) is 37.8 Å². The van der Waals surface area contributed by atoms with Crippen molar-refractivity contribution in [1.82, 2.24) is 0 Å². The third-order valence-corrected chi connectivity index (χ3v) is 5.10. The number of hydrogen-bond donors (Lipinski definition) is 0. The quantitative estimate of drug-likeness (QED) is 0.693. The van der Waals surface area contributed by atoms with Crippen LogP contribution in [0.15, 0.2) is 30.3 Å². The third kappa shape index (κ3) is 2.45. The SMILES string of the molecule is Cl.Cl[C@@H]1CC[C@H]2[C@@H](Cl)CC[C@@H]1N2c1ccccc1. The molecule has 2 bridgehead atoms. The number of anilines is 1. The Hall–Kier alpha value is -0.110. The van der Waals surface area contributed by atoms with Crippen LogP contribution in [-0.4, -0.2) is 22.8 Å². The molecule has 18 heavy (non-hydrogen) atoms. The topological polar surface area (TPSA) is 3.24 Å². The first-order chi connectivity index (χ1) is 8.27. The molecule has 2 aliphatic heterocycles. The Labute approximate surface area is 125 Å². The highest BCUT2D eigenvalue weighted by Gasteiger charge is 2.43. The zero-order valence-electron chi connectivity index (χ0n) is 10.1. The maximum absolute atomic E-state index is 6.49. The fourth-order valence-corrected chi connectivity index (χ4v) is 4.01. The zero-order valence-corrected chi connectivity index (χ0v) is 12.5. The van der Waals surface area contributed by atoms with E-state index in [1.807, 2.05) is 0 Å². The van der Waals surface area contributed by atoms with Crippen molar-refractivity contribution in [1.29, 1.82) is 0 Å². The predicted molar refractivity (Wildman–Crippen MR) is 81.5 cm³/mol. The van der Waals surface area contributed by atoms with Gasteiger partial charge in [-0.2, -0.15) is 0 Å². The van der Waals surface area contributed by atoms with E-state index in [1.54, 1.807) is 0 Å². The average molecular weight is 307 g/mol. The average Bonchev–Trinajstić information content (AvgIpc) is 2.37. The fraction of sp³-hybridized carbons (Fsp3) is 0.571. The lowest BCUT2D eigenvalue weighted by atomic mass is 9.83. The van der Waals surface area contributed by atoms with E-state index < -0.39 is 0 Å². The molecule has 0 amide bonds. The number of piperidine rings is 2. The zero-order chi connectivity index (χ0) is 11.8. The summed E-state index contributed by atoms with van der Waals surface area (Å²) in [6.45, 7) is 0. The Morgan fingerprint density at radius 3 is 1.83 bits per heavy atom. The molecule has 2 heterocycles. The number of hydrogen-bond acceptors (Lipinski definition) is 1. The van der Waals surface area contributed by atoms with E-state index in [1.165, 1.54) is 5.69 Å². The van der Waals surface area contributed by atoms with Crippen molar-refractivity contribution < 1.29 is 0 Å². The Bertz CT molecular complexity index is 366. The number of halogens is 3. The molecule has 2 aliphatic rings. The molecule has 0 aromatic heterocycles. The number of alkyl halides is 2. The Kier molecular flexibility index (Phi) is 4.69. The van der Waals surface area contributed by atoms with Gasteiger partial charge < -0.3 is 4.90 Å². The molecule has 2 saturated heterocycles. The molecular weight excluding hydrogens is 289 g/mol. The second kappa shape index (κ2) is 5.90. The van der Waals surface area contributed by atoms with Crippen LogP contribution in [0.1, 0.15) is 25.7 Å². The van der Waals surface area contributed by atoms with Crippen molar-refractivity contribution in [3.8, 4) is 0 Å². The first-order valence-corrected chi connectivity index (χ1v) is 7.26. The van der Waals surface area contributed by atoms with Gasteiger partial charge in [0.1, 0.15) is 0 Å². The van der Waals surface area contributed by atoms with Crippen molar-refractivity contribution in [2.75, 3.05) is 4.90 Å². The molecule has 100 valence electrons. The van der Waals surface area contributed by atoms with Gasteiger partial charge in [0, 0.05) is 17.8 Å². The van der Waals surface area contributed by atoms with Crippen molar-refractivity contribution in [2.45, 2.75) is 48.5 Å².